The van der Waals surface area contributed by atoms with Crippen LogP contribution >= 0.6 is 15.6 Å². The van der Waals surface area contributed by atoms with E-state index in [0.29, 0.717) is 25.7 Å². The molecule has 0 rings (SSSR count). The fourth-order valence-corrected chi connectivity index (χ4v) is 14.4. The van der Waals surface area contributed by atoms with Crippen LogP contribution in [0.4, 0.5) is 0 Å². The van der Waals surface area contributed by atoms with Crippen LogP contribution in [-0.2, 0) is 65.4 Å². The summed E-state index contributed by atoms with van der Waals surface area (Å²) in [5, 5.41) is 10.6. The van der Waals surface area contributed by atoms with Crippen LogP contribution in [0.25, 0.3) is 0 Å². The zero-order valence-corrected chi connectivity index (χ0v) is 67.7. The van der Waals surface area contributed by atoms with Gasteiger partial charge in [0.05, 0.1) is 26.4 Å². The molecular formula is C82H160O17P2. The quantitative estimate of drug-likeness (QED) is 0.0222. The van der Waals surface area contributed by atoms with Gasteiger partial charge in [0.25, 0.3) is 0 Å². The van der Waals surface area contributed by atoms with E-state index in [0.717, 1.165) is 89.9 Å². The molecule has 5 atom stereocenters. The summed E-state index contributed by atoms with van der Waals surface area (Å²) in [6.07, 6.45) is 69.4. The summed E-state index contributed by atoms with van der Waals surface area (Å²) in [4.78, 5) is 73.0. The number of aliphatic hydroxyl groups excluding tert-OH is 1. The number of carbonyl (C=O) groups excluding carboxylic acids is 4. The van der Waals surface area contributed by atoms with Crippen molar-refractivity contribution in [3.63, 3.8) is 0 Å². The molecule has 3 N–H and O–H groups in total. The maximum absolute atomic E-state index is 13.1. The Hall–Kier alpha value is -1.94. The zero-order valence-electron chi connectivity index (χ0n) is 65.9. The summed E-state index contributed by atoms with van der Waals surface area (Å²) in [5.41, 5.74) is 0. The first-order valence-corrected chi connectivity index (χ1v) is 45.8. The van der Waals surface area contributed by atoms with Gasteiger partial charge in [0.2, 0.25) is 0 Å². The van der Waals surface area contributed by atoms with Crippen molar-refractivity contribution in [2.75, 3.05) is 39.6 Å². The number of phosphoric acid groups is 2. The Labute approximate surface area is 619 Å². The first kappa shape index (κ1) is 99.1. The van der Waals surface area contributed by atoms with Gasteiger partial charge in [-0.25, -0.2) is 9.13 Å². The van der Waals surface area contributed by atoms with Crippen LogP contribution in [0.5, 0.6) is 0 Å². The third kappa shape index (κ3) is 76.1. The van der Waals surface area contributed by atoms with E-state index in [2.05, 4.69) is 27.7 Å². The molecule has 0 aliphatic carbocycles. The van der Waals surface area contributed by atoms with Crippen LogP contribution in [0.3, 0.4) is 0 Å². The zero-order chi connectivity index (χ0) is 73.9. The van der Waals surface area contributed by atoms with Crippen LogP contribution in [0, 0.1) is 0 Å². The Balaban J connectivity index is 5.20. The number of carbonyl (C=O) groups is 4. The Bertz CT molecular complexity index is 1910. The van der Waals surface area contributed by atoms with Crippen LogP contribution in [0.15, 0.2) is 0 Å². The number of unbranched alkanes of at least 4 members (excludes halogenated alkanes) is 57. The maximum atomic E-state index is 13.1. The van der Waals surface area contributed by atoms with Crippen molar-refractivity contribution >= 4 is 39.5 Å². The molecule has 0 saturated carbocycles. The molecule has 0 aromatic carbocycles. The molecule has 101 heavy (non-hydrogen) atoms. The first-order valence-electron chi connectivity index (χ1n) is 42.8. The summed E-state index contributed by atoms with van der Waals surface area (Å²) in [5.74, 6) is -2.10. The second-order valence-electron chi connectivity index (χ2n) is 29.5. The number of ether oxygens (including phenoxy) is 4. The summed E-state index contributed by atoms with van der Waals surface area (Å²) < 4.78 is 68.7. The number of hydrogen-bond donors (Lipinski definition) is 3. The molecule has 0 aliphatic heterocycles. The lowest BCUT2D eigenvalue weighted by molar-refractivity contribution is -0.161. The molecule has 17 nitrogen and oxygen atoms in total. The maximum Gasteiger partial charge on any atom is 0.472 e. The molecule has 0 spiro atoms. The summed E-state index contributed by atoms with van der Waals surface area (Å²) >= 11 is 0. The van der Waals surface area contributed by atoms with Gasteiger partial charge in [-0.1, -0.05) is 394 Å². The SMILES string of the molecule is CCCCCCCCCCCCCCCCCCCCCCCC(=O)O[C@H](COC(=O)CCCCCCCCCCCCCCCCCCCC)COP(=O)(O)OC[C@@H](O)COP(=O)(O)OC[C@@H](COC(=O)CCCCCCCCCCCCC)OC(=O)CCCCCCCCCCCCC. The highest BCUT2D eigenvalue weighted by Crippen LogP contribution is 2.45. The second-order valence-corrected chi connectivity index (χ2v) is 32.4. The second kappa shape index (κ2) is 76.3. The minimum Gasteiger partial charge on any atom is -0.462 e. The number of rotatable bonds is 83. The monoisotopic (exact) mass is 1480 g/mol. The molecule has 0 heterocycles. The van der Waals surface area contributed by atoms with E-state index < -0.39 is 97.5 Å². The van der Waals surface area contributed by atoms with Crippen LogP contribution < -0.4 is 0 Å². The van der Waals surface area contributed by atoms with Gasteiger partial charge in [0, 0.05) is 25.7 Å². The predicted molar refractivity (Wildman–Crippen MR) is 414 cm³/mol. The van der Waals surface area contributed by atoms with Crippen molar-refractivity contribution in [2.24, 2.45) is 0 Å². The molecule has 0 saturated heterocycles. The number of hydrogen-bond acceptors (Lipinski definition) is 15. The van der Waals surface area contributed by atoms with Gasteiger partial charge in [-0.15, -0.1) is 0 Å². The molecule has 600 valence electrons. The highest BCUT2D eigenvalue weighted by atomic mass is 31.2. The largest absolute Gasteiger partial charge is 0.472 e. The standard InChI is InChI=1S/C82H160O17P2/c1-5-9-13-17-21-25-29-31-33-35-37-38-39-41-43-45-49-53-57-61-65-69-82(87)99-78(73-93-80(85)67-63-59-55-51-48-44-42-40-36-34-32-30-26-22-18-14-10-6-2)75-97-101(90,91)95-71-76(83)70-94-100(88,89)96-74-77(98-81(86)68-64-60-56-52-47-28-24-20-16-12-8-4)72-92-79(84)66-62-58-54-50-46-27-23-19-15-11-7-3/h76-78,83H,5-75H2,1-4H3,(H,88,89)(H,90,91)/t76-,77+,78+/m0/s1. The van der Waals surface area contributed by atoms with Gasteiger partial charge >= 0.3 is 39.5 Å². The summed E-state index contributed by atoms with van der Waals surface area (Å²) in [6.45, 7) is 5.02. The van der Waals surface area contributed by atoms with E-state index in [1.165, 1.54) is 276 Å². The molecule has 0 amide bonds. The smallest absolute Gasteiger partial charge is 0.462 e. The van der Waals surface area contributed by atoms with E-state index >= 15 is 0 Å². The van der Waals surface area contributed by atoms with E-state index in [4.69, 9.17) is 37.0 Å². The van der Waals surface area contributed by atoms with Crippen molar-refractivity contribution in [3.05, 3.63) is 0 Å². The Morgan fingerprint density at radius 3 is 0.584 bits per heavy atom. The van der Waals surface area contributed by atoms with Crippen molar-refractivity contribution in [1.82, 2.24) is 0 Å². The minimum atomic E-state index is -4.96. The van der Waals surface area contributed by atoms with Crippen molar-refractivity contribution in [3.8, 4) is 0 Å². The fraction of sp³-hybridized carbons (Fsp3) is 0.951. The molecule has 0 aromatic rings. The van der Waals surface area contributed by atoms with Crippen molar-refractivity contribution < 1.29 is 80.2 Å². The fourth-order valence-electron chi connectivity index (χ4n) is 12.8. The lowest BCUT2D eigenvalue weighted by atomic mass is 10.0. The molecular weight excluding hydrogens is 1320 g/mol. The average Bonchev–Trinajstić information content (AvgIpc) is 0.955. The number of phosphoric ester groups is 2. The Morgan fingerprint density at radius 1 is 0.238 bits per heavy atom. The lowest BCUT2D eigenvalue weighted by Gasteiger charge is -2.21. The van der Waals surface area contributed by atoms with Gasteiger partial charge < -0.3 is 33.8 Å². The van der Waals surface area contributed by atoms with Gasteiger partial charge in [-0.05, 0) is 25.7 Å². The topological polar surface area (TPSA) is 237 Å². The summed E-state index contributed by atoms with van der Waals surface area (Å²) in [6, 6.07) is 0. The molecule has 0 aliphatic rings. The highest BCUT2D eigenvalue weighted by Gasteiger charge is 2.30. The minimum absolute atomic E-state index is 0.108. The lowest BCUT2D eigenvalue weighted by Crippen LogP contribution is -2.30. The highest BCUT2D eigenvalue weighted by molar-refractivity contribution is 7.47. The van der Waals surface area contributed by atoms with E-state index in [9.17, 15) is 43.2 Å². The third-order valence-electron chi connectivity index (χ3n) is 19.4. The summed E-state index contributed by atoms with van der Waals surface area (Å²) in [7, 11) is -9.92. The van der Waals surface area contributed by atoms with Crippen LogP contribution in [0.1, 0.15) is 445 Å². The van der Waals surface area contributed by atoms with E-state index in [-0.39, 0.29) is 25.7 Å². The average molecular weight is 1480 g/mol. The van der Waals surface area contributed by atoms with E-state index in [1.54, 1.807) is 0 Å². The molecule has 2 unspecified atom stereocenters. The van der Waals surface area contributed by atoms with Crippen molar-refractivity contribution in [1.29, 1.82) is 0 Å². The molecule has 0 bridgehead atoms. The van der Waals surface area contributed by atoms with Gasteiger partial charge in [0.15, 0.2) is 12.2 Å². The van der Waals surface area contributed by atoms with Crippen LogP contribution in [-0.4, -0.2) is 96.7 Å². The van der Waals surface area contributed by atoms with Gasteiger partial charge in [-0.2, -0.15) is 0 Å². The Morgan fingerprint density at radius 2 is 0.396 bits per heavy atom. The number of aliphatic hydroxyl groups is 1. The molecule has 0 fully saturated rings. The van der Waals surface area contributed by atoms with Crippen LogP contribution in [0.2, 0.25) is 0 Å². The first-order chi connectivity index (χ1) is 49.2. The molecule has 0 aromatic heterocycles. The predicted octanol–water partition coefficient (Wildman–Crippen LogP) is 25.0. The van der Waals surface area contributed by atoms with Gasteiger partial charge in [0.1, 0.15) is 19.3 Å². The third-order valence-corrected chi connectivity index (χ3v) is 21.3. The van der Waals surface area contributed by atoms with Gasteiger partial charge in [-0.3, -0.25) is 37.3 Å². The number of esters is 4. The molecule has 19 heteroatoms. The van der Waals surface area contributed by atoms with Crippen molar-refractivity contribution in [2.45, 2.75) is 463 Å². The molecule has 0 radical (unpaired) electrons. The van der Waals surface area contributed by atoms with E-state index in [1.807, 2.05) is 0 Å². The Kier molecular flexibility index (Phi) is 74.8. The normalized spacial score (nSPS) is 13.8.